The van der Waals surface area contributed by atoms with E-state index in [-0.39, 0.29) is 5.91 Å². The van der Waals surface area contributed by atoms with E-state index in [4.69, 9.17) is 0 Å². The second kappa shape index (κ2) is 4.72. The lowest BCUT2D eigenvalue weighted by Crippen LogP contribution is -2.44. The zero-order valence-corrected chi connectivity index (χ0v) is 8.91. The monoisotopic (exact) mass is 209 g/mol. The summed E-state index contributed by atoms with van der Waals surface area (Å²) in [4.78, 5) is 28.7. The molecule has 5 nitrogen and oxygen atoms in total. The van der Waals surface area contributed by atoms with Crippen molar-refractivity contribution in [1.82, 2.24) is 15.3 Å². The van der Waals surface area contributed by atoms with Crippen molar-refractivity contribution in [3.63, 3.8) is 0 Å². The van der Waals surface area contributed by atoms with E-state index in [1.807, 2.05) is 0 Å². The number of aromatic nitrogens is 2. The Bertz CT molecular complexity index is 330. The highest BCUT2D eigenvalue weighted by molar-refractivity contribution is 5.81. The number of H-pyrrole nitrogens is 1. The molecule has 0 aliphatic rings. The molecule has 1 heterocycles. The van der Waals surface area contributed by atoms with Gasteiger partial charge in [-0.2, -0.15) is 0 Å². The van der Waals surface area contributed by atoms with Gasteiger partial charge in [-0.15, -0.1) is 0 Å². The predicted octanol–water partition coefficient (Wildman–Crippen LogP) is 0.436. The minimum Gasteiger partial charge on any atom is -0.348 e. The van der Waals surface area contributed by atoms with Crippen LogP contribution in [0, 0.1) is 0 Å². The first kappa shape index (κ1) is 11.4. The predicted molar refractivity (Wildman–Crippen MR) is 55.2 cm³/mol. The molecule has 0 aliphatic heterocycles. The third-order valence-electron chi connectivity index (χ3n) is 1.93. The van der Waals surface area contributed by atoms with Gasteiger partial charge in [0.15, 0.2) is 0 Å². The number of carbonyl (C=O) groups excluding carboxylic acids is 2. The van der Waals surface area contributed by atoms with Crippen LogP contribution in [0.5, 0.6) is 0 Å². The molecule has 2 N–H and O–H groups in total. The Morgan fingerprint density at radius 1 is 1.67 bits per heavy atom. The number of hydrogen-bond acceptors (Lipinski definition) is 3. The molecule has 0 aromatic carbocycles. The first-order valence-corrected chi connectivity index (χ1v) is 4.78. The van der Waals surface area contributed by atoms with Crippen LogP contribution in [0.4, 0.5) is 0 Å². The van der Waals surface area contributed by atoms with Gasteiger partial charge in [0, 0.05) is 18.3 Å². The lowest BCUT2D eigenvalue weighted by atomic mass is 10.1. The van der Waals surface area contributed by atoms with Crippen LogP contribution in [0.3, 0.4) is 0 Å². The summed E-state index contributed by atoms with van der Waals surface area (Å²) in [6.07, 6.45) is 4.92. The van der Waals surface area contributed by atoms with E-state index in [0.717, 1.165) is 12.0 Å². The SMILES string of the molecule is CC(C)(C=O)NC(=O)CCc1cnc[nH]1. The summed E-state index contributed by atoms with van der Waals surface area (Å²) in [6.45, 7) is 3.32. The van der Waals surface area contributed by atoms with Crippen molar-refractivity contribution in [2.24, 2.45) is 0 Å². The number of imidazole rings is 1. The molecule has 0 bridgehead atoms. The van der Waals surface area contributed by atoms with Gasteiger partial charge < -0.3 is 15.1 Å². The van der Waals surface area contributed by atoms with Crippen LogP contribution >= 0.6 is 0 Å². The quantitative estimate of drug-likeness (QED) is 0.691. The molecular formula is C10H15N3O2. The molecule has 0 atom stereocenters. The lowest BCUT2D eigenvalue weighted by Gasteiger charge is -2.18. The number of aryl methyl sites for hydroxylation is 1. The molecule has 0 saturated carbocycles. The van der Waals surface area contributed by atoms with E-state index >= 15 is 0 Å². The summed E-state index contributed by atoms with van der Waals surface area (Å²) in [5, 5.41) is 2.63. The molecule has 0 fully saturated rings. The van der Waals surface area contributed by atoms with Crippen LogP contribution in [0.15, 0.2) is 12.5 Å². The van der Waals surface area contributed by atoms with Crippen LogP contribution in [-0.4, -0.2) is 27.7 Å². The van der Waals surface area contributed by atoms with Crippen LogP contribution in [0.2, 0.25) is 0 Å². The number of aldehydes is 1. The molecule has 1 aromatic heterocycles. The van der Waals surface area contributed by atoms with Gasteiger partial charge in [-0.25, -0.2) is 4.98 Å². The summed E-state index contributed by atoms with van der Waals surface area (Å²) in [5.41, 5.74) is 0.125. The van der Waals surface area contributed by atoms with Crippen LogP contribution < -0.4 is 5.32 Å². The molecule has 0 unspecified atom stereocenters. The van der Waals surface area contributed by atoms with Crippen molar-refractivity contribution in [1.29, 1.82) is 0 Å². The van der Waals surface area contributed by atoms with Gasteiger partial charge in [-0.05, 0) is 20.3 Å². The second-order valence-corrected chi connectivity index (χ2v) is 3.96. The average molecular weight is 209 g/mol. The van der Waals surface area contributed by atoms with Gasteiger partial charge in [0.05, 0.1) is 11.9 Å². The normalized spacial score (nSPS) is 11.1. The minimum absolute atomic E-state index is 0.137. The highest BCUT2D eigenvalue weighted by atomic mass is 16.2. The number of aromatic amines is 1. The molecule has 5 heteroatoms. The average Bonchev–Trinajstić information content (AvgIpc) is 2.66. The van der Waals surface area contributed by atoms with E-state index in [0.29, 0.717) is 12.8 Å². The Kier molecular flexibility index (Phi) is 3.60. The van der Waals surface area contributed by atoms with Gasteiger partial charge >= 0.3 is 0 Å². The summed E-state index contributed by atoms with van der Waals surface area (Å²) < 4.78 is 0. The summed E-state index contributed by atoms with van der Waals surface area (Å²) >= 11 is 0. The smallest absolute Gasteiger partial charge is 0.221 e. The second-order valence-electron chi connectivity index (χ2n) is 3.96. The molecular weight excluding hydrogens is 194 g/mol. The zero-order chi connectivity index (χ0) is 11.3. The molecule has 0 radical (unpaired) electrons. The van der Waals surface area contributed by atoms with Gasteiger partial charge in [-0.1, -0.05) is 0 Å². The number of rotatable bonds is 5. The van der Waals surface area contributed by atoms with Crippen molar-refractivity contribution < 1.29 is 9.59 Å². The first-order valence-electron chi connectivity index (χ1n) is 4.78. The van der Waals surface area contributed by atoms with Gasteiger partial charge in [0.1, 0.15) is 6.29 Å². The van der Waals surface area contributed by atoms with Crippen LogP contribution in [0.25, 0.3) is 0 Å². The molecule has 82 valence electrons. The maximum Gasteiger partial charge on any atom is 0.221 e. The van der Waals surface area contributed by atoms with Gasteiger partial charge in [-0.3, -0.25) is 4.79 Å². The molecule has 1 amide bonds. The number of amides is 1. The standard InChI is InChI=1S/C10H15N3O2/c1-10(2,6-14)13-9(15)4-3-8-5-11-7-12-8/h5-7H,3-4H2,1-2H3,(H,11,12)(H,13,15). The third-order valence-corrected chi connectivity index (χ3v) is 1.93. The van der Waals surface area contributed by atoms with Crippen LogP contribution in [0.1, 0.15) is 26.0 Å². The Morgan fingerprint density at radius 3 is 2.93 bits per heavy atom. The molecule has 15 heavy (non-hydrogen) atoms. The fraction of sp³-hybridized carbons (Fsp3) is 0.500. The number of nitrogens with one attached hydrogen (secondary N) is 2. The van der Waals surface area contributed by atoms with Crippen molar-refractivity contribution in [3.05, 3.63) is 18.2 Å². The Hall–Kier alpha value is -1.65. The third kappa shape index (κ3) is 3.93. The van der Waals surface area contributed by atoms with Crippen LogP contribution in [-0.2, 0) is 16.0 Å². The van der Waals surface area contributed by atoms with E-state index in [2.05, 4.69) is 15.3 Å². The van der Waals surface area contributed by atoms with Crippen molar-refractivity contribution in [2.75, 3.05) is 0 Å². The van der Waals surface area contributed by atoms with Gasteiger partial charge in [0.2, 0.25) is 5.91 Å². The largest absolute Gasteiger partial charge is 0.348 e. The zero-order valence-electron chi connectivity index (χ0n) is 8.91. The summed E-state index contributed by atoms with van der Waals surface area (Å²) in [6, 6.07) is 0. The maximum atomic E-state index is 11.4. The summed E-state index contributed by atoms with van der Waals surface area (Å²) in [5.74, 6) is -0.137. The number of carbonyl (C=O) groups is 2. The number of nitrogens with zero attached hydrogens (tertiary/aromatic N) is 1. The maximum absolute atomic E-state index is 11.4. The van der Waals surface area contributed by atoms with Crippen molar-refractivity contribution in [3.8, 4) is 0 Å². The minimum atomic E-state index is -0.787. The molecule has 1 aromatic rings. The fourth-order valence-electron chi connectivity index (χ4n) is 1.12. The Labute approximate surface area is 88.3 Å². The Morgan fingerprint density at radius 2 is 2.40 bits per heavy atom. The van der Waals surface area contributed by atoms with E-state index in [1.54, 1.807) is 26.4 Å². The fourth-order valence-corrected chi connectivity index (χ4v) is 1.12. The topological polar surface area (TPSA) is 74.8 Å². The molecule has 0 aliphatic carbocycles. The number of hydrogen-bond donors (Lipinski definition) is 2. The van der Waals surface area contributed by atoms with Gasteiger partial charge in [0.25, 0.3) is 0 Å². The lowest BCUT2D eigenvalue weighted by molar-refractivity contribution is -0.125. The summed E-state index contributed by atoms with van der Waals surface area (Å²) in [7, 11) is 0. The highest BCUT2D eigenvalue weighted by Crippen LogP contribution is 2.00. The molecule has 1 rings (SSSR count). The van der Waals surface area contributed by atoms with Crippen molar-refractivity contribution in [2.45, 2.75) is 32.2 Å². The first-order chi connectivity index (χ1) is 7.03. The van der Waals surface area contributed by atoms with E-state index in [9.17, 15) is 9.59 Å². The van der Waals surface area contributed by atoms with E-state index in [1.165, 1.54) is 0 Å². The van der Waals surface area contributed by atoms with E-state index < -0.39 is 5.54 Å². The van der Waals surface area contributed by atoms with Crippen molar-refractivity contribution >= 4 is 12.2 Å². The Balaban J connectivity index is 2.34. The molecule has 0 spiro atoms. The highest BCUT2D eigenvalue weighted by Gasteiger charge is 2.18. The molecule has 0 saturated heterocycles.